The van der Waals surface area contributed by atoms with Gasteiger partial charge in [-0.15, -0.1) is 0 Å². The predicted molar refractivity (Wildman–Crippen MR) is 64.3 cm³/mol. The number of rotatable bonds is 2. The molecule has 0 aliphatic rings. The average molecular weight is 245 g/mol. The van der Waals surface area contributed by atoms with Gasteiger partial charge in [-0.3, -0.25) is 0 Å². The van der Waals surface area contributed by atoms with E-state index in [4.69, 9.17) is 0 Å². The average Bonchev–Trinajstić information content (AvgIpc) is 2.86. The molecule has 2 aromatic heterocycles. The van der Waals surface area contributed by atoms with Crippen molar-refractivity contribution in [2.75, 3.05) is 0 Å². The van der Waals surface area contributed by atoms with Gasteiger partial charge in [0.15, 0.2) is 5.82 Å². The normalized spacial score (nSPS) is 11.3. The zero-order valence-corrected chi connectivity index (χ0v) is 9.27. The topological polar surface area (TPSA) is 41.6 Å². The number of aromatic nitrogens is 3. The lowest BCUT2D eigenvalue weighted by molar-refractivity contribution is 0.152. The van der Waals surface area contributed by atoms with Crippen molar-refractivity contribution < 1.29 is 8.78 Å². The molecule has 1 N–H and O–H groups in total. The Hall–Kier alpha value is -2.30. The second kappa shape index (κ2) is 4.18. The lowest BCUT2D eigenvalue weighted by Gasteiger charge is -2.08. The molecule has 0 radical (unpaired) electrons. The van der Waals surface area contributed by atoms with E-state index in [1.54, 1.807) is 30.7 Å². The van der Waals surface area contributed by atoms with Gasteiger partial charge >= 0.3 is 0 Å². The molecule has 18 heavy (non-hydrogen) atoms. The molecule has 0 saturated carbocycles. The fourth-order valence-corrected chi connectivity index (χ4v) is 2.00. The fourth-order valence-electron chi connectivity index (χ4n) is 2.00. The van der Waals surface area contributed by atoms with Crippen LogP contribution in [0.1, 0.15) is 12.0 Å². The van der Waals surface area contributed by atoms with Crippen LogP contribution in [0.25, 0.3) is 22.3 Å². The third-order valence-electron chi connectivity index (χ3n) is 2.78. The van der Waals surface area contributed by atoms with E-state index in [-0.39, 0.29) is 5.56 Å². The Balaban J connectivity index is 2.36. The first-order chi connectivity index (χ1) is 8.77. The largest absolute Gasteiger partial charge is 0.361 e. The van der Waals surface area contributed by atoms with Crippen molar-refractivity contribution in [1.82, 2.24) is 15.0 Å². The zero-order chi connectivity index (χ0) is 12.5. The van der Waals surface area contributed by atoms with E-state index in [1.165, 1.54) is 6.07 Å². The molecule has 0 unspecified atom stereocenters. The van der Waals surface area contributed by atoms with Gasteiger partial charge in [0.25, 0.3) is 6.43 Å². The molecule has 0 amide bonds. The summed E-state index contributed by atoms with van der Waals surface area (Å²) in [6, 6.07) is 6.57. The Morgan fingerprint density at radius 2 is 1.83 bits per heavy atom. The van der Waals surface area contributed by atoms with Crippen LogP contribution >= 0.6 is 0 Å². The highest BCUT2D eigenvalue weighted by atomic mass is 19.3. The highest BCUT2D eigenvalue weighted by Crippen LogP contribution is 2.34. The van der Waals surface area contributed by atoms with Gasteiger partial charge in [0.1, 0.15) is 0 Å². The summed E-state index contributed by atoms with van der Waals surface area (Å²) in [6.45, 7) is 0. The summed E-state index contributed by atoms with van der Waals surface area (Å²) in [4.78, 5) is 11.1. The minimum atomic E-state index is -2.56. The molecule has 3 aromatic rings. The minimum absolute atomic E-state index is 0.0591. The Labute approximate surface area is 102 Å². The van der Waals surface area contributed by atoms with Crippen LogP contribution in [0.3, 0.4) is 0 Å². The number of halogens is 2. The van der Waals surface area contributed by atoms with Crippen molar-refractivity contribution in [3.05, 3.63) is 48.4 Å². The zero-order valence-electron chi connectivity index (χ0n) is 9.27. The summed E-state index contributed by atoms with van der Waals surface area (Å²) < 4.78 is 26.2. The summed E-state index contributed by atoms with van der Waals surface area (Å²) >= 11 is 0. The second-order valence-corrected chi connectivity index (χ2v) is 3.84. The first-order valence-electron chi connectivity index (χ1n) is 5.43. The van der Waals surface area contributed by atoms with Crippen LogP contribution in [-0.2, 0) is 0 Å². The summed E-state index contributed by atoms with van der Waals surface area (Å²) in [6.07, 6.45) is 2.24. The van der Waals surface area contributed by atoms with E-state index in [0.717, 1.165) is 5.39 Å². The molecule has 0 spiro atoms. The number of benzene rings is 1. The maximum absolute atomic E-state index is 13.1. The van der Waals surface area contributed by atoms with Gasteiger partial charge in [-0.05, 0) is 12.1 Å². The Morgan fingerprint density at radius 1 is 1.06 bits per heavy atom. The highest BCUT2D eigenvalue weighted by Gasteiger charge is 2.19. The Kier molecular flexibility index (Phi) is 2.51. The van der Waals surface area contributed by atoms with Crippen LogP contribution in [0.4, 0.5) is 8.78 Å². The standard InChI is InChI=1S/C13H9F2N3/c14-12(15)9-3-2-8-4-7-16-11(8)10(9)13-17-5-1-6-18-13/h1-7,12,16H. The molecule has 5 heteroatoms. The maximum Gasteiger partial charge on any atom is 0.264 e. The van der Waals surface area contributed by atoms with Crippen molar-refractivity contribution in [3.8, 4) is 11.4 Å². The van der Waals surface area contributed by atoms with Gasteiger partial charge in [-0.25, -0.2) is 18.7 Å². The molecule has 3 nitrogen and oxygen atoms in total. The van der Waals surface area contributed by atoms with Crippen LogP contribution in [0.2, 0.25) is 0 Å². The predicted octanol–water partition coefficient (Wildman–Crippen LogP) is 3.56. The number of aromatic amines is 1. The van der Waals surface area contributed by atoms with E-state index >= 15 is 0 Å². The van der Waals surface area contributed by atoms with E-state index in [0.29, 0.717) is 16.9 Å². The van der Waals surface area contributed by atoms with E-state index in [1.807, 2.05) is 6.07 Å². The smallest absolute Gasteiger partial charge is 0.264 e. The van der Waals surface area contributed by atoms with Gasteiger partial charge in [-0.1, -0.05) is 12.1 Å². The molecular formula is C13H9F2N3. The number of fused-ring (bicyclic) bond motifs is 1. The summed E-state index contributed by atoms with van der Waals surface area (Å²) in [7, 11) is 0. The first kappa shape index (κ1) is 10.8. The molecule has 0 atom stereocenters. The van der Waals surface area contributed by atoms with Gasteiger partial charge < -0.3 is 4.98 Å². The monoisotopic (exact) mass is 245 g/mol. The molecule has 0 aliphatic carbocycles. The van der Waals surface area contributed by atoms with E-state index in [9.17, 15) is 8.78 Å². The highest BCUT2D eigenvalue weighted by molar-refractivity contribution is 5.94. The van der Waals surface area contributed by atoms with E-state index in [2.05, 4.69) is 15.0 Å². The lowest BCUT2D eigenvalue weighted by atomic mass is 10.0. The molecule has 90 valence electrons. The van der Waals surface area contributed by atoms with Gasteiger partial charge in [-0.2, -0.15) is 0 Å². The van der Waals surface area contributed by atoms with Crippen LogP contribution in [0.5, 0.6) is 0 Å². The van der Waals surface area contributed by atoms with Crippen LogP contribution in [-0.4, -0.2) is 15.0 Å². The molecule has 3 rings (SSSR count). The SMILES string of the molecule is FC(F)c1ccc2cc[nH]c2c1-c1ncccn1. The first-order valence-corrected chi connectivity index (χ1v) is 5.43. The van der Waals surface area contributed by atoms with Crippen molar-refractivity contribution in [3.63, 3.8) is 0 Å². The van der Waals surface area contributed by atoms with E-state index < -0.39 is 6.43 Å². The van der Waals surface area contributed by atoms with Gasteiger partial charge in [0, 0.05) is 29.5 Å². The third kappa shape index (κ3) is 1.64. The van der Waals surface area contributed by atoms with Crippen molar-refractivity contribution in [2.45, 2.75) is 6.43 Å². The number of nitrogens with one attached hydrogen (secondary N) is 1. The third-order valence-corrected chi connectivity index (χ3v) is 2.78. The Bertz CT molecular complexity index is 677. The summed E-state index contributed by atoms with van der Waals surface area (Å²) in [5.74, 6) is 0.306. The second-order valence-electron chi connectivity index (χ2n) is 3.84. The van der Waals surface area contributed by atoms with Gasteiger partial charge in [0.2, 0.25) is 0 Å². The number of nitrogens with zero attached hydrogens (tertiary/aromatic N) is 2. The van der Waals surface area contributed by atoms with Crippen LogP contribution < -0.4 is 0 Å². The molecule has 2 heterocycles. The van der Waals surface area contributed by atoms with Crippen molar-refractivity contribution >= 4 is 10.9 Å². The molecule has 0 bridgehead atoms. The quantitative estimate of drug-likeness (QED) is 0.750. The van der Waals surface area contributed by atoms with Gasteiger partial charge in [0.05, 0.1) is 11.1 Å². The van der Waals surface area contributed by atoms with Crippen LogP contribution in [0, 0.1) is 0 Å². The lowest BCUT2D eigenvalue weighted by Crippen LogP contribution is -1.95. The molecule has 1 aromatic carbocycles. The number of H-pyrrole nitrogens is 1. The summed E-state index contributed by atoms with van der Waals surface area (Å²) in [5.41, 5.74) is 0.947. The fraction of sp³-hybridized carbons (Fsp3) is 0.0769. The Morgan fingerprint density at radius 3 is 2.56 bits per heavy atom. The molecule has 0 aliphatic heterocycles. The van der Waals surface area contributed by atoms with Crippen molar-refractivity contribution in [1.29, 1.82) is 0 Å². The molecular weight excluding hydrogens is 236 g/mol. The maximum atomic E-state index is 13.1. The molecule has 0 fully saturated rings. The minimum Gasteiger partial charge on any atom is -0.361 e. The number of alkyl halides is 2. The number of hydrogen-bond donors (Lipinski definition) is 1. The van der Waals surface area contributed by atoms with Crippen molar-refractivity contribution in [2.24, 2.45) is 0 Å². The summed E-state index contributed by atoms with van der Waals surface area (Å²) in [5, 5.41) is 0.863. The van der Waals surface area contributed by atoms with Crippen LogP contribution in [0.15, 0.2) is 42.9 Å². The number of hydrogen-bond acceptors (Lipinski definition) is 2. The molecule has 0 saturated heterocycles.